The van der Waals surface area contributed by atoms with Crippen LogP contribution >= 0.6 is 0 Å². The third-order valence-electron chi connectivity index (χ3n) is 5.12. The zero-order valence-electron chi connectivity index (χ0n) is 14.7. The molecule has 0 aromatic rings. The Morgan fingerprint density at radius 2 is 1.90 bits per heavy atom. The second-order valence-electron chi connectivity index (χ2n) is 6.97. The van der Waals surface area contributed by atoms with E-state index < -0.39 is 5.54 Å². The van der Waals surface area contributed by atoms with Crippen molar-refractivity contribution in [2.75, 3.05) is 26.7 Å². The summed E-state index contributed by atoms with van der Waals surface area (Å²) >= 11 is 0. The Labute approximate surface area is 130 Å². The molecule has 0 aromatic carbocycles. The number of likely N-dealkylation sites (tertiary alicyclic amines) is 1. The normalized spacial score (nSPS) is 22.0. The first-order valence-electron chi connectivity index (χ1n) is 8.44. The van der Waals surface area contributed by atoms with Crippen molar-refractivity contribution in [1.29, 1.82) is 0 Å². The van der Waals surface area contributed by atoms with Gasteiger partial charge in [-0.05, 0) is 72.0 Å². The van der Waals surface area contributed by atoms with Crippen LogP contribution in [0.1, 0.15) is 53.9 Å². The zero-order chi connectivity index (χ0) is 16.0. The van der Waals surface area contributed by atoms with Crippen molar-refractivity contribution in [2.45, 2.75) is 65.5 Å². The van der Waals surface area contributed by atoms with Gasteiger partial charge in [-0.1, -0.05) is 13.8 Å². The Balaban J connectivity index is 2.55. The Hall–Kier alpha value is -0.610. The number of nitrogens with one attached hydrogen (secondary N) is 1. The highest BCUT2D eigenvalue weighted by molar-refractivity contribution is 5.80. The minimum absolute atomic E-state index is 0.142. The Bertz CT molecular complexity index is 325. The van der Waals surface area contributed by atoms with Gasteiger partial charge in [-0.15, -0.1) is 0 Å². The smallest absolute Gasteiger partial charge is 0.326 e. The zero-order valence-corrected chi connectivity index (χ0v) is 14.7. The van der Waals surface area contributed by atoms with E-state index in [-0.39, 0.29) is 5.97 Å². The lowest BCUT2D eigenvalue weighted by atomic mass is 9.85. The number of carbonyl (C=O) groups excluding carboxylic acids is 1. The van der Waals surface area contributed by atoms with Crippen molar-refractivity contribution in [3.8, 4) is 0 Å². The van der Waals surface area contributed by atoms with Crippen molar-refractivity contribution < 1.29 is 9.53 Å². The van der Waals surface area contributed by atoms with E-state index in [0.717, 1.165) is 31.3 Å². The average molecular weight is 298 g/mol. The number of rotatable bonds is 7. The number of nitrogens with zero attached hydrogens (tertiary/aromatic N) is 1. The number of hydrogen-bond donors (Lipinski definition) is 1. The first-order chi connectivity index (χ1) is 9.84. The molecular weight excluding hydrogens is 264 g/mol. The van der Waals surface area contributed by atoms with Crippen LogP contribution in [0.2, 0.25) is 0 Å². The fourth-order valence-electron chi connectivity index (χ4n) is 3.32. The third kappa shape index (κ3) is 4.96. The summed E-state index contributed by atoms with van der Waals surface area (Å²) in [5.41, 5.74) is -0.593. The van der Waals surface area contributed by atoms with E-state index in [0.29, 0.717) is 12.6 Å². The monoisotopic (exact) mass is 298 g/mol. The molecule has 1 fully saturated rings. The summed E-state index contributed by atoms with van der Waals surface area (Å²) in [6, 6.07) is 0.389. The van der Waals surface area contributed by atoms with Gasteiger partial charge in [0.15, 0.2) is 0 Å². The molecule has 0 saturated carbocycles. The lowest BCUT2D eigenvalue weighted by Crippen LogP contribution is -2.53. The van der Waals surface area contributed by atoms with Gasteiger partial charge in [0.2, 0.25) is 0 Å². The average Bonchev–Trinajstić information content (AvgIpc) is 2.47. The maximum Gasteiger partial charge on any atom is 0.326 e. The number of esters is 1. The quantitative estimate of drug-likeness (QED) is 0.734. The summed E-state index contributed by atoms with van der Waals surface area (Å²) < 4.78 is 5.21. The number of piperidine rings is 1. The molecule has 0 amide bonds. The van der Waals surface area contributed by atoms with Crippen LogP contribution in [0.3, 0.4) is 0 Å². The highest BCUT2D eigenvalue weighted by Crippen LogP contribution is 2.27. The van der Waals surface area contributed by atoms with Crippen LogP contribution in [0, 0.1) is 11.8 Å². The SMILES string of the molecule is CCOC(=O)C(C)(CC(C)N1CCC(C(C)C)CC1)NC. The van der Waals surface area contributed by atoms with Crippen LogP contribution in [-0.4, -0.2) is 49.2 Å². The molecule has 1 heterocycles. The first-order valence-corrected chi connectivity index (χ1v) is 8.44. The molecule has 0 spiro atoms. The summed E-state index contributed by atoms with van der Waals surface area (Å²) in [6.07, 6.45) is 3.34. The van der Waals surface area contributed by atoms with E-state index in [1.807, 2.05) is 20.9 Å². The molecule has 2 unspecified atom stereocenters. The van der Waals surface area contributed by atoms with Crippen molar-refractivity contribution in [3.63, 3.8) is 0 Å². The fourth-order valence-corrected chi connectivity index (χ4v) is 3.32. The highest BCUT2D eigenvalue weighted by atomic mass is 16.5. The standard InChI is InChI=1S/C17H34N2O2/c1-7-21-16(20)17(5,18-6)12-14(4)19-10-8-15(9-11-19)13(2)3/h13-15,18H,7-12H2,1-6H3. The van der Waals surface area contributed by atoms with Gasteiger partial charge >= 0.3 is 5.97 Å². The van der Waals surface area contributed by atoms with Crippen LogP contribution in [0.25, 0.3) is 0 Å². The maximum atomic E-state index is 12.2. The largest absolute Gasteiger partial charge is 0.465 e. The van der Waals surface area contributed by atoms with Crippen molar-refractivity contribution in [2.24, 2.45) is 11.8 Å². The van der Waals surface area contributed by atoms with Crippen LogP contribution in [0.5, 0.6) is 0 Å². The van der Waals surface area contributed by atoms with Crippen LogP contribution in [-0.2, 0) is 9.53 Å². The third-order valence-corrected chi connectivity index (χ3v) is 5.12. The van der Waals surface area contributed by atoms with Crippen LogP contribution in [0.15, 0.2) is 0 Å². The molecular formula is C17H34N2O2. The van der Waals surface area contributed by atoms with Gasteiger partial charge in [-0.2, -0.15) is 0 Å². The summed E-state index contributed by atoms with van der Waals surface area (Å²) in [6.45, 7) is 13.4. The number of carbonyl (C=O) groups is 1. The molecule has 1 aliphatic rings. The summed E-state index contributed by atoms with van der Waals surface area (Å²) in [5, 5.41) is 3.16. The van der Waals surface area contributed by atoms with Gasteiger partial charge in [-0.3, -0.25) is 4.79 Å². The van der Waals surface area contributed by atoms with Crippen molar-refractivity contribution >= 4 is 5.97 Å². The van der Waals surface area contributed by atoms with Crippen molar-refractivity contribution in [1.82, 2.24) is 10.2 Å². The van der Waals surface area contributed by atoms with Gasteiger partial charge in [0, 0.05) is 6.04 Å². The first kappa shape index (κ1) is 18.4. The molecule has 4 heteroatoms. The van der Waals surface area contributed by atoms with Crippen molar-refractivity contribution in [3.05, 3.63) is 0 Å². The van der Waals surface area contributed by atoms with Crippen LogP contribution in [0.4, 0.5) is 0 Å². The molecule has 0 bridgehead atoms. The molecule has 1 saturated heterocycles. The minimum Gasteiger partial charge on any atom is -0.465 e. The molecule has 1 rings (SSSR count). The molecule has 2 atom stereocenters. The van der Waals surface area contributed by atoms with Gasteiger partial charge in [0.25, 0.3) is 0 Å². The van der Waals surface area contributed by atoms with Gasteiger partial charge < -0.3 is 15.0 Å². The second-order valence-corrected chi connectivity index (χ2v) is 6.97. The molecule has 1 N–H and O–H groups in total. The Morgan fingerprint density at radius 1 is 1.33 bits per heavy atom. The molecule has 21 heavy (non-hydrogen) atoms. The topological polar surface area (TPSA) is 41.6 Å². The lowest BCUT2D eigenvalue weighted by molar-refractivity contribution is -0.151. The van der Waals surface area contributed by atoms with E-state index in [1.54, 1.807) is 0 Å². The number of hydrogen-bond acceptors (Lipinski definition) is 4. The van der Waals surface area contributed by atoms with E-state index in [1.165, 1.54) is 12.8 Å². The predicted octanol–water partition coefficient (Wildman–Crippen LogP) is 2.67. The number of likely N-dealkylation sites (N-methyl/N-ethyl adjacent to an activating group) is 1. The van der Waals surface area contributed by atoms with E-state index in [4.69, 9.17) is 4.74 Å². The molecule has 0 radical (unpaired) electrons. The Kier molecular flexibility index (Phi) is 7.14. The summed E-state index contributed by atoms with van der Waals surface area (Å²) in [5.74, 6) is 1.50. The maximum absolute atomic E-state index is 12.2. The lowest BCUT2D eigenvalue weighted by Gasteiger charge is -2.40. The van der Waals surface area contributed by atoms with Gasteiger partial charge in [0.05, 0.1) is 6.61 Å². The second kappa shape index (κ2) is 8.14. The van der Waals surface area contributed by atoms with Crippen LogP contribution < -0.4 is 5.32 Å². The highest BCUT2D eigenvalue weighted by Gasteiger charge is 2.36. The van der Waals surface area contributed by atoms with E-state index in [2.05, 4.69) is 31.0 Å². The summed E-state index contributed by atoms with van der Waals surface area (Å²) in [4.78, 5) is 14.7. The van der Waals surface area contributed by atoms with E-state index >= 15 is 0 Å². The molecule has 4 nitrogen and oxygen atoms in total. The summed E-state index contributed by atoms with van der Waals surface area (Å²) in [7, 11) is 1.84. The molecule has 1 aliphatic heterocycles. The molecule has 0 aliphatic carbocycles. The Morgan fingerprint density at radius 3 is 2.33 bits per heavy atom. The predicted molar refractivity (Wildman–Crippen MR) is 87.3 cm³/mol. The number of ether oxygens (including phenoxy) is 1. The van der Waals surface area contributed by atoms with Gasteiger partial charge in [-0.25, -0.2) is 0 Å². The van der Waals surface area contributed by atoms with Gasteiger partial charge in [0.1, 0.15) is 5.54 Å². The minimum atomic E-state index is -0.593. The molecule has 124 valence electrons. The molecule has 0 aromatic heterocycles. The fraction of sp³-hybridized carbons (Fsp3) is 0.941. The van der Waals surface area contributed by atoms with E-state index in [9.17, 15) is 4.79 Å².